The molecule has 168 valence electrons. The summed E-state index contributed by atoms with van der Waals surface area (Å²) in [4.78, 5) is 21.4. The van der Waals surface area contributed by atoms with E-state index in [-0.39, 0.29) is 5.70 Å². The van der Waals surface area contributed by atoms with Gasteiger partial charge < -0.3 is 13.5 Å². The Hall–Kier alpha value is -3.98. The number of aromatic nitrogens is 3. The second-order valence-corrected chi connectivity index (χ2v) is 8.99. The number of esters is 1. The van der Waals surface area contributed by atoms with Crippen LogP contribution in [0.25, 0.3) is 39.2 Å². The number of ether oxygens (including phenoxy) is 1. The molecule has 0 amide bonds. The van der Waals surface area contributed by atoms with Gasteiger partial charge in [-0.3, -0.25) is 0 Å². The number of hydrogen-bond acceptors (Lipinski definition) is 7. The third-order valence-corrected chi connectivity index (χ3v) is 5.39. The molecule has 0 saturated heterocycles. The van der Waals surface area contributed by atoms with Gasteiger partial charge >= 0.3 is 16.1 Å². The Balaban J connectivity index is 1.79. The first-order valence-electron chi connectivity index (χ1n) is 9.94. The lowest BCUT2D eigenvalue weighted by molar-refractivity contribution is -0.134. The molecule has 0 spiro atoms. The molecule has 9 heteroatoms. The van der Waals surface area contributed by atoms with Gasteiger partial charge in [0.05, 0.1) is 24.6 Å². The smallest absolute Gasteiger partial charge is 0.358 e. The lowest BCUT2D eigenvalue weighted by atomic mass is 10.1. The predicted octanol–water partition coefficient (Wildman–Crippen LogP) is 4.02. The van der Waals surface area contributed by atoms with Crippen molar-refractivity contribution >= 4 is 32.7 Å². The maximum absolute atomic E-state index is 12.3. The van der Waals surface area contributed by atoms with Crippen LogP contribution in [0.2, 0.25) is 0 Å². The van der Waals surface area contributed by atoms with Crippen molar-refractivity contribution in [1.82, 2.24) is 14.5 Å². The Morgan fingerprint density at radius 2 is 1.76 bits per heavy atom. The van der Waals surface area contributed by atoms with Gasteiger partial charge in [0, 0.05) is 23.5 Å². The molecule has 4 aromatic rings. The van der Waals surface area contributed by atoms with Crippen LogP contribution >= 0.6 is 0 Å². The van der Waals surface area contributed by atoms with Crippen molar-refractivity contribution in [3.63, 3.8) is 0 Å². The Kier molecular flexibility index (Phi) is 5.97. The Morgan fingerprint density at radius 3 is 2.45 bits per heavy atom. The highest BCUT2D eigenvalue weighted by molar-refractivity contribution is 7.86. The zero-order valence-corrected chi connectivity index (χ0v) is 19.0. The fourth-order valence-corrected chi connectivity index (χ4v) is 3.57. The van der Waals surface area contributed by atoms with Crippen molar-refractivity contribution < 1.29 is 22.1 Å². The van der Waals surface area contributed by atoms with Crippen molar-refractivity contribution in [3.8, 4) is 22.6 Å². The number of hydrogen-bond donors (Lipinski definition) is 0. The van der Waals surface area contributed by atoms with Crippen LogP contribution in [0.5, 0.6) is 0 Å². The molecule has 0 aliphatic rings. The zero-order chi connectivity index (χ0) is 23.6. The summed E-state index contributed by atoms with van der Waals surface area (Å²) < 4.78 is 33.9. The van der Waals surface area contributed by atoms with Gasteiger partial charge in [0.1, 0.15) is 6.26 Å². The van der Waals surface area contributed by atoms with Crippen molar-refractivity contribution in [2.24, 2.45) is 0 Å². The van der Waals surface area contributed by atoms with E-state index < -0.39 is 16.1 Å². The molecular formula is C24H21N3O5S. The number of aryl methyl sites for hydroxylation is 1. The minimum Gasteiger partial charge on any atom is -0.464 e. The standard InChI is InChI=1S/C24H21N3O5S/c1-16-4-6-17(7-5-16)20-10-12-25-23(26-20)19-9-8-18-11-13-27(21(18)14-19)22(24(28)31-2)15-32-33(3,29)30/h4-15H,1-3H3/b22-15+. The van der Waals surface area contributed by atoms with Gasteiger partial charge in [0.2, 0.25) is 0 Å². The van der Waals surface area contributed by atoms with Gasteiger partial charge in [-0.2, -0.15) is 8.42 Å². The van der Waals surface area contributed by atoms with Crippen molar-refractivity contribution in [3.05, 3.63) is 78.8 Å². The number of nitrogens with zero attached hydrogens (tertiary/aromatic N) is 3. The molecule has 0 radical (unpaired) electrons. The molecule has 0 bridgehead atoms. The number of carbonyl (C=O) groups excluding carboxylic acids is 1. The Labute approximate surface area is 191 Å². The quantitative estimate of drug-likeness (QED) is 0.184. The number of methoxy groups -OCH3 is 1. The largest absolute Gasteiger partial charge is 0.464 e. The monoisotopic (exact) mass is 463 g/mol. The Morgan fingerprint density at radius 1 is 1.03 bits per heavy atom. The first-order valence-corrected chi connectivity index (χ1v) is 11.8. The summed E-state index contributed by atoms with van der Waals surface area (Å²) in [6.07, 6.45) is 5.08. The third-order valence-electron chi connectivity index (χ3n) is 4.94. The average molecular weight is 464 g/mol. The summed E-state index contributed by atoms with van der Waals surface area (Å²) in [5, 5.41) is 0.822. The van der Waals surface area contributed by atoms with Crippen molar-refractivity contribution in [2.45, 2.75) is 6.92 Å². The van der Waals surface area contributed by atoms with Crippen molar-refractivity contribution in [1.29, 1.82) is 0 Å². The molecule has 2 aromatic carbocycles. The lowest BCUT2D eigenvalue weighted by Gasteiger charge is -2.10. The zero-order valence-electron chi connectivity index (χ0n) is 18.2. The van der Waals surface area contributed by atoms with Crippen LogP contribution in [0, 0.1) is 6.92 Å². The molecular weight excluding hydrogens is 442 g/mol. The van der Waals surface area contributed by atoms with E-state index in [0.717, 1.165) is 40.3 Å². The van der Waals surface area contributed by atoms with E-state index in [0.29, 0.717) is 11.3 Å². The van der Waals surface area contributed by atoms with Gasteiger partial charge in [-0.25, -0.2) is 14.8 Å². The molecule has 4 rings (SSSR count). The second-order valence-electron chi connectivity index (χ2n) is 7.39. The fourth-order valence-electron chi connectivity index (χ4n) is 3.30. The molecule has 8 nitrogen and oxygen atoms in total. The van der Waals surface area contributed by atoms with Gasteiger partial charge in [0.25, 0.3) is 0 Å². The molecule has 0 N–H and O–H groups in total. The van der Waals surface area contributed by atoms with Gasteiger partial charge in [-0.1, -0.05) is 42.0 Å². The van der Waals surface area contributed by atoms with Crippen LogP contribution in [-0.4, -0.2) is 42.3 Å². The molecule has 0 unspecified atom stereocenters. The van der Waals surface area contributed by atoms with E-state index in [1.807, 2.05) is 55.5 Å². The van der Waals surface area contributed by atoms with Gasteiger partial charge in [-0.15, -0.1) is 0 Å². The number of rotatable bonds is 6. The summed E-state index contributed by atoms with van der Waals surface area (Å²) in [5.74, 6) is -0.238. The minimum atomic E-state index is -3.81. The predicted molar refractivity (Wildman–Crippen MR) is 125 cm³/mol. The number of fused-ring (bicyclic) bond motifs is 1. The number of benzene rings is 2. The first kappa shape index (κ1) is 22.2. The highest BCUT2D eigenvalue weighted by atomic mass is 32.2. The molecule has 33 heavy (non-hydrogen) atoms. The average Bonchev–Trinajstić information content (AvgIpc) is 3.22. The van der Waals surface area contributed by atoms with E-state index in [1.54, 1.807) is 18.5 Å². The van der Waals surface area contributed by atoms with E-state index in [2.05, 4.69) is 4.98 Å². The second kappa shape index (κ2) is 8.87. The van der Waals surface area contributed by atoms with Crippen LogP contribution < -0.4 is 0 Å². The van der Waals surface area contributed by atoms with Gasteiger partial charge in [-0.05, 0) is 30.5 Å². The fraction of sp³-hybridized carbons (Fsp3) is 0.125. The summed E-state index contributed by atoms with van der Waals surface area (Å²) in [5.41, 5.74) is 4.18. The summed E-state index contributed by atoms with van der Waals surface area (Å²) in [6, 6.07) is 17.3. The molecule has 0 atom stereocenters. The van der Waals surface area contributed by atoms with Crippen molar-refractivity contribution in [2.75, 3.05) is 13.4 Å². The summed E-state index contributed by atoms with van der Waals surface area (Å²) in [6.45, 7) is 2.03. The van der Waals surface area contributed by atoms with E-state index in [1.165, 1.54) is 11.7 Å². The maximum atomic E-state index is 12.3. The molecule has 0 aliphatic heterocycles. The van der Waals surface area contributed by atoms with E-state index >= 15 is 0 Å². The van der Waals surface area contributed by atoms with E-state index in [4.69, 9.17) is 13.9 Å². The first-order chi connectivity index (χ1) is 15.7. The SMILES string of the molecule is COC(=O)/C(=C\OS(C)(=O)=O)n1ccc2ccc(-c3nccc(-c4ccc(C)cc4)n3)cc21. The molecule has 0 saturated carbocycles. The lowest BCUT2D eigenvalue weighted by Crippen LogP contribution is -2.11. The van der Waals surface area contributed by atoms with Crippen LogP contribution in [0.15, 0.2) is 73.3 Å². The van der Waals surface area contributed by atoms with Crippen LogP contribution in [-0.2, 0) is 23.8 Å². The minimum absolute atomic E-state index is 0.0931. The highest BCUT2D eigenvalue weighted by Crippen LogP contribution is 2.27. The van der Waals surface area contributed by atoms with Crippen LogP contribution in [0.3, 0.4) is 0 Å². The van der Waals surface area contributed by atoms with Gasteiger partial charge in [0.15, 0.2) is 11.5 Å². The molecule has 0 aliphatic carbocycles. The summed E-state index contributed by atoms with van der Waals surface area (Å²) in [7, 11) is -2.60. The molecule has 0 fully saturated rings. The molecule has 2 heterocycles. The van der Waals surface area contributed by atoms with Crippen LogP contribution in [0.4, 0.5) is 0 Å². The van der Waals surface area contributed by atoms with Crippen LogP contribution in [0.1, 0.15) is 5.56 Å². The third kappa shape index (κ3) is 4.93. The normalized spacial score (nSPS) is 12.0. The molecule has 2 aromatic heterocycles. The summed E-state index contributed by atoms with van der Waals surface area (Å²) >= 11 is 0. The maximum Gasteiger partial charge on any atom is 0.358 e. The highest BCUT2D eigenvalue weighted by Gasteiger charge is 2.17. The topological polar surface area (TPSA) is 100 Å². The number of carbonyl (C=O) groups is 1. The van der Waals surface area contributed by atoms with E-state index in [9.17, 15) is 13.2 Å². The Bertz CT molecular complexity index is 1470.